The first kappa shape index (κ1) is 17.7. The largest absolute Gasteiger partial charge is 0.373 e. The first-order valence-electron chi connectivity index (χ1n) is 8.94. The summed E-state index contributed by atoms with van der Waals surface area (Å²) < 4.78 is 1.56. The molecule has 1 saturated heterocycles. The lowest BCUT2D eigenvalue weighted by Crippen LogP contribution is -2.24. The fourth-order valence-corrected chi connectivity index (χ4v) is 3.16. The maximum Gasteiger partial charge on any atom is 0.256 e. The number of hydrogen-bond acceptors (Lipinski definition) is 7. The number of carbonyl (C=O) groups excluding carboxylic acids is 2. The Balaban J connectivity index is 1.70. The van der Waals surface area contributed by atoms with Crippen molar-refractivity contribution >= 4 is 40.7 Å². The predicted molar refractivity (Wildman–Crippen MR) is 105 cm³/mol. The van der Waals surface area contributed by atoms with Gasteiger partial charge >= 0.3 is 0 Å². The first-order chi connectivity index (χ1) is 13.6. The summed E-state index contributed by atoms with van der Waals surface area (Å²) in [5.41, 5.74) is 0.784. The highest BCUT2D eigenvalue weighted by molar-refractivity contribution is 6.00. The predicted octanol–water partition coefficient (Wildman–Crippen LogP) is 1.40. The van der Waals surface area contributed by atoms with Crippen molar-refractivity contribution in [1.29, 1.82) is 0 Å². The van der Waals surface area contributed by atoms with Crippen LogP contribution in [0.5, 0.6) is 0 Å². The highest BCUT2D eigenvalue weighted by atomic mass is 16.2. The molecule has 3 N–H and O–H groups in total. The second-order valence-electron chi connectivity index (χ2n) is 6.30. The molecule has 3 aromatic rings. The number of rotatable bonds is 5. The SMILES string of the molecule is CNC(=O)c1cnn2c(NC)cc(Nc3cccc(N4CCCC4=O)n3)nc12. The maximum absolute atomic E-state index is 12.1. The number of carbonyl (C=O) groups is 2. The standard InChI is InChI=1S/C18H20N8O2/c1-19-15-9-13(24-17-11(18(28)20-2)10-21-26(15)17)22-12-5-3-6-14(23-12)25-8-4-7-16(25)27/h3,5-6,9-10,19H,4,7-8H2,1-2H3,(H,20,28)(H,22,23,24). The lowest BCUT2D eigenvalue weighted by atomic mass is 10.3. The van der Waals surface area contributed by atoms with Gasteiger partial charge in [0.05, 0.1) is 6.20 Å². The van der Waals surface area contributed by atoms with Crippen molar-refractivity contribution in [1.82, 2.24) is 24.9 Å². The molecule has 0 radical (unpaired) electrons. The second kappa shape index (κ2) is 7.14. The molecule has 2 amide bonds. The van der Waals surface area contributed by atoms with Crippen LogP contribution < -0.4 is 20.9 Å². The van der Waals surface area contributed by atoms with Gasteiger partial charge in [-0.15, -0.1) is 0 Å². The van der Waals surface area contributed by atoms with Gasteiger partial charge in [0.15, 0.2) is 5.65 Å². The summed E-state index contributed by atoms with van der Waals surface area (Å²) in [4.78, 5) is 34.8. The lowest BCUT2D eigenvalue weighted by molar-refractivity contribution is -0.117. The summed E-state index contributed by atoms with van der Waals surface area (Å²) in [5, 5.41) is 13.0. The molecule has 0 unspecified atom stereocenters. The highest BCUT2D eigenvalue weighted by Gasteiger charge is 2.23. The molecule has 1 aliphatic rings. The summed E-state index contributed by atoms with van der Waals surface area (Å²) in [6.45, 7) is 0.675. The monoisotopic (exact) mass is 380 g/mol. The number of aromatic nitrogens is 4. The fourth-order valence-electron chi connectivity index (χ4n) is 3.16. The Morgan fingerprint density at radius 1 is 1.18 bits per heavy atom. The average molecular weight is 380 g/mol. The van der Waals surface area contributed by atoms with E-state index >= 15 is 0 Å². The van der Waals surface area contributed by atoms with Crippen LogP contribution >= 0.6 is 0 Å². The summed E-state index contributed by atoms with van der Waals surface area (Å²) >= 11 is 0. The lowest BCUT2D eigenvalue weighted by Gasteiger charge is -2.16. The molecule has 1 aliphatic heterocycles. The maximum atomic E-state index is 12.1. The van der Waals surface area contributed by atoms with E-state index in [1.807, 2.05) is 12.1 Å². The molecule has 0 atom stereocenters. The minimum Gasteiger partial charge on any atom is -0.373 e. The highest BCUT2D eigenvalue weighted by Crippen LogP contribution is 2.24. The summed E-state index contributed by atoms with van der Waals surface area (Å²) in [7, 11) is 3.32. The van der Waals surface area contributed by atoms with Crippen LogP contribution in [0.2, 0.25) is 0 Å². The van der Waals surface area contributed by atoms with Crippen LogP contribution in [0, 0.1) is 0 Å². The number of hydrogen-bond donors (Lipinski definition) is 3. The molecular weight excluding hydrogens is 360 g/mol. The van der Waals surface area contributed by atoms with Crippen LogP contribution in [0.15, 0.2) is 30.5 Å². The number of fused-ring (bicyclic) bond motifs is 1. The van der Waals surface area contributed by atoms with Gasteiger partial charge in [-0.25, -0.2) is 9.97 Å². The van der Waals surface area contributed by atoms with Crippen LogP contribution in [0.4, 0.5) is 23.3 Å². The molecule has 3 aromatic heterocycles. The molecule has 0 aliphatic carbocycles. The van der Waals surface area contributed by atoms with Crippen molar-refractivity contribution in [3.05, 3.63) is 36.0 Å². The van der Waals surface area contributed by atoms with Crippen molar-refractivity contribution in [2.45, 2.75) is 12.8 Å². The summed E-state index contributed by atoms with van der Waals surface area (Å²) in [5.74, 6) is 2.13. The molecule has 4 heterocycles. The Kier molecular flexibility index (Phi) is 4.52. The molecule has 28 heavy (non-hydrogen) atoms. The van der Waals surface area contributed by atoms with Gasteiger partial charge in [0.2, 0.25) is 5.91 Å². The minimum absolute atomic E-state index is 0.0798. The van der Waals surface area contributed by atoms with Crippen molar-refractivity contribution in [2.24, 2.45) is 0 Å². The Labute approximate surface area is 161 Å². The number of nitrogens with zero attached hydrogens (tertiary/aromatic N) is 5. The summed E-state index contributed by atoms with van der Waals surface area (Å²) in [6.07, 6.45) is 2.86. The molecule has 0 saturated carbocycles. The Morgan fingerprint density at radius 3 is 2.75 bits per heavy atom. The Morgan fingerprint density at radius 2 is 2.04 bits per heavy atom. The van der Waals surface area contributed by atoms with E-state index in [1.54, 1.807) is 35.6 Å². The smallest absolute Gasteiger partial charge is 0.256 e. The van der Waals surface area contributed by atoms with Gasteiger partial charge < -0.3 is 16.0 Å². The molecular formula is C18H20N8O2. The van der Waals surface area contributed by atoms with Crippen molar-refractivity contribution in [3.63, 3.8) is 0 Å². The summed E-state index contributed by atoms with van der Waals surface area (Å²) in [6, 6.07) is 7.21. The van der Waals surface area contributed by atoms with E-state index in [2.05, 4.69) is 31.0 Å². The van der Waals surface area contributed by atoms with Gasteiger partial charge in [0.1, 0.15) is 28.8 Å². The van der Waals surface area contributed by atoms with E-state index in [4.69, 9.17) is 0 Å². The van der Waals surface area contributed by atoms with E-state index in [0.717, 1.165) is 6.42 Å². The number of nitrogens with one attached hydrogen (secondary N) is 3. The van der Waals surface area contributed by atoms with Crippen molar-refractivity contribution < 1.29 is 9.59 Å². The van der Waals surface area contributed by atoms with E-state index in [9.17, 15) is 9.59 Å². The number of amides is 2. The van der Waals surface area contributed by atoms with Gasteiger partial charge in [-0.3, -0.25) is 14.5 Å². The van der Waals surface area contributed by atoms with Gasteiger partial charge in [0.25, 0.3) is 5.91 Å². The molecule has 144 valence electrons. The molecule has 1 fully saturated rings. The van der Waals surface area contributed by atoms with Crippen LogP contribution in [0.25, 0.3) is 5.65 Å². The van der Waals surface area contributed by atoms with Crippen molar-refractivity contribution in [3.8, 4) is 0 Å². The van der Waals surface area contributed by atoms with Crippen LogP contribution in [-0.2, 0) is 4.79 Å². The average Bonchev–Trinajstić information content (AvgIpc) is 3.33. The van der Waals surface area contributed by atoms with Gasteiger partial charge in [0, 0.05) is 33.1 Å². The second-order valence-corrected chi connectivity index (χ2v) is 6.30. The normalized spacial score (nSPS) is 13.8. The van der Waals surface area contributed by atoms with Gasteiger partial charge in [-0.1, -0.05) is 6.07 Å². The third kappa shape index (κ3) is 3.08. The molecule has 10 nitrogen and oxygen atoms in total. The molecule has 0 aromatic carbocycles. The third-order valence-corrected chi connectivity index (χ3v) is 4.54. The van der Waals surface area contributed by atoms with E-state index in [1.165, 1.54) is 6.20 Å². The van der Waals surface area contributed by atoms with E-state index in [-0.39, 0.29) is 11.8 Å². The third-order valence-electron chi connectivity index (χ3n) is 4.54. The van der Waals surface area contributed by atoms with Crippen LogP contribution in [0.3, 0.4) is 0 Å². The van der Waals surface area contributed by atoms with E-state index < -0.39 is 0 Å². The zero-order chi connectivity index (χ0) is 19.7. The zero-order valence-electron chi connectivity index (χ0n) is 15.6. The van der Waals surface area contributed by atoms with Crippen LogP contribution in [-0.4, -0.2) is 52.0 Å². The molecule has 4 rings (SSSR count). The Hall–Kier alpha value is -3.69. The van der Waals surface area contributed by atoms with Gasteiger partial charge in [-0.05, 0) is 18.6 Å². The topological polar surface area (TPSA) is 117 Å². The fraction of sp³-hybridized carbons (Fsp3) is 0.278. The quantitative estimate of drug-likeness (QED) is 0.612. The number of anilines is 4. The Bertz CT molecular complexity index is 1060. The molecule has 10 heteroatoms. The van der Waals surface area contributed by atoms with Crippen molar-refractivity contribution in [2.75, 3.05) is 36.2 Å². The first-order valence-corrected chi connectivity index (χ1v) is 8.94. The van der Waals surface area contributed by atoms with Gasteiger partial charge in [-0.2, -0.15) is 9.61 Å². The minimum atomic E-state index is -0.269. The zero-order valence-corrected chi connectivity index (χ0v) is 15.6. The number of pyridine rings is 1. The molecule has 0 spiro atoms. The molecule has 0 bridgehead atoms. The van der Waals surface area contributed by atoms with E-state index in [0.29, 0.717) is 47.4 Å². The van der Waals surface area contributed by atoms with Crippen LogP contribution in [0.1, 0.15) is 23.2 Å².